The Morgan fingerprint density at radius 1 is 1.13 bits per heavy atom. The summed E-state index contributed by atoms with van der Waals surface area (Å²) in [6, 6.07) is 5.52. The van der Waals surface area contributed by atoms with Crippen molar-refractivity contribution in [1.29, 1.82) is 0 Å². The zero-order chi connectivity index (χ0) is 23.0. The quantitative estimate of drug-likeness (QED) is 0.719. The van der Waals surface area contributed by atoms with Crippen LogP contribution in [0.15, 0.2) is 29.2 Å². The largest absolute Gasteiger partial charge is 0.406 e. The first-order valence-corrected chi connectivity index (χ1v) is 11.2. The van der Waals surface area contributed by atoms with E-state index in [-0.39, 0.29) is 48.8 Å². The van der Waals surface area contributed by atoms with Gasteiger partial charge in [0.15, 0.2) is 0 Å². The van der Waals surface area contributed by atoms with Gasteiger partial charge in [-0.25, -0.2) is 8.42 Å². The van der Waals surface area contributed by atoms with Crippen molar-refractivity contribution in [3.63, 3.8) is 0 Å². The minimum Gasteiger partial charge on any atom is -0.373 e. The summed E-state index contributed by atoms with van der Waals surface area (Å²) in [5.41, 5.74) is 0.286. The lowest BCUT2D eigenvalue weighted by Crippen LogP contribution is -2.48. The van der Waals surface area contributed by atoms with Crippen LogP contribution in [0.2, 0.25) is 0 Å². The first kappa shape index (κ1) is 23.5. The monoisotopic (exact) mass is 463 g/mol. The standard InChI is InChI=1S/C19H24F3N3O5S/c1-12-8-25(9-13(2)30-12)31(28,29)16-5-3-15(4-6-16)23-18(27)14-7-17(26)24(10-14)11-19(20,21)22/h3-6,12-14H,7-11H2,1-2H3,(H,23,27). The second kappa shape index (κ2) is 8.75. The predicted octanol–water partition coefficient (Wildman–Crippen LogP) is 1.83. The highest BCUT2D eigenvalue weighted by Gasteiger charge is 2.40. The minimum absolute atomic E-state index is 0.0548. The maximum Gasteiger partial charge on any atom is 0.406 e. The van der Waals surface area contributed by atoms with Crippen molar-refractivity contribution in [3.05, 3.63) is 24.3 Å². The number of likely N-dealkylation sites (tertiary alicyclic amines) is 1. The number of hydrogen-bond donors (Lipinski definition) is 1. The molecule has 12 heteroatoms. The average molecular weight is 463 g/mol. The Morgan fingerprint density at radius 2 is 1.71 bits per heavy atom. The van der Waals surface area contributed by atoms with Crippen molar-refractivity contribution in [2.45, 2.75) is 43.5 Å². The summed E-state index contributed by atoms with van der Waals surface area (Å²) >= 11 is 0. The van der Waals surface area contributed by atoms with Crippen LogP contribution < -0.4 is 5.32 Å². The first-order chi connectivity index (χ1) is 14.3. The SMILES string of the molecule is CC1CN(S(=O)(=O)c2ccc(NC(=O)C3CC(=O)N(CC(F)(F)F)C3)cc2)CC(C)O1. The Morgan fingerprint density at radius 3 is 2.26 bits per heavy atom. The lowest BCUT2D eigenvalue weighted by Gasteiger charge is -2.34. The van der Waals surface area contributed by atoms with Gasteiger partial charge in [-0.3, -0.25) is 9.59 Å². The number of nitrogens with zero attached hydrogens (tertiary/aromatic N) is 2. The zero-order valence-corrected chi connectivity index (χ0v) is 17.9. The highest BCUT2D eigenvalue weighted by Crippen LogP contribution is 2.26. The van der Waals surface area contributed by atoms with Gasteiger partial charge in [-0.2, -0.15) is 17.5 Å². The number of anilines is 1. The maximum absolute atomic E-state index is 12.9. The average Bonchev–Trinajstić information content (AvgIpc) is 3.00. The van der Waals surface area contributed by atoms with Gasteiger partial charge in [-0.15, -0.1) is 0 Å². The van der Waals surface area contributed by atoms with Gasteiger partial charge in [-0.1, -0.05) is 0 Å². The van der Waals surface area contributed by atoms with Crippen molar-refractivity contribution >= 4 is 27.5 Å². The van der Waals surface area contributed by atoms with Crippen molar-refractivity contribution in [1.82, 2.24) is 9.21 Å². The lowest BCUT2D eigenvalue weighted by atomic mass is 10.1. The third-order valence-corrected chi connectivity index (χ3v) is 6.95. The molecule has 2 amide bonds. The van der Waals surface area contributed by atoms with Gasteiger partial charge in [0, 0.05) is 31.7 Å². The van der Waals surface area contributed by atoms with E-state index in [1.807, 2.05) is 0 Å². The fraction of sp³-hybridized carbons (Fsp3) is 0.579. The molecule has 0 radical (unpaired) electrons. The predicted molar refractivity (Wildman–Crippen MR) is 105 cm³/mol. The molecule has 31 heavy (non-hydrogen) atoms. The summed E-state index contributed by atoms with van der Waals surface area (Å²) in [5, 5.41) is 2.53. The number of carbonyl (C=O) groups is 2. The number of nitrogens with one attached hydrogen (secondary N) is 1. The normalized spacial score (nSPS) is 25.6. The van der Waals surface area contributed by atoms with Gasteiger partial charge in [0.2, 0.25) is 21.8 Å². The molecule has 2 saturated heterocycles. The summed E-state index contributed by atoms with van der Waals surface area (Å²) in [6.07, 6.45) is -5.30. The number of ether oxygens (including phenoxy) is 1. The van der Waals surface area contributed by atoms with Crippen molar-refractivity contribution in [3.8, 4) is 0 Å². The highest BCUT2D eigenvalue weighted by molar-refractivity contribution is 7.89. The smallest absolute Gasteiger partial charge is 0.373 e. The molecule has 2 fully saturated rings. The van der Waals surface area contributed by atoms with Crippen LogP contribution in [0, 0.1) is 5.92 Å². The number of alkyl halides is 3. The van der Waals surface area contributed by atoms with Gasteiger partial charge < -0.3 is 15.0 Å². The molecule has 3 rings (SSSR count). The Kier molecular flexibility index (Phi) is 6.63. The molecule has 8 nitrogen and oxygen atoms in total. The molecule has 0 saturated carbocycles. The van der Waals surface area contributed by atoms with Gasteiger partial charge in [0.05, 0.1) is 23.0 Å². The molecule has 172 valence electrons. The van der Waals surface area contributed by atoms with E-state index in [1.165, 1.54) is 28.6 Å². The Hall–Kier alpha value is -2.18. The number of hydrogen-bond acceptors (Lipinski definition) is 5. The molecule has 2 aliphatic rings. The van der Waals surface area contributed by atoms with E-state index in [1.54, 1.807) is 13.8 Å². The third-order valence-electron chi connectivity index (χ3n) is 5.10. The van der Waals surface area contributed by atoms with Crippen molar-refractivity contribution in [2.24, 2.45) is 5.92 Å². The van der Waals surface area contributed by atoms with Crippen LogP contribution in [-0.2, 0) is 24.3 Å². The fourth-order valence-corrected chi connectivity index (χ4v) is 5.34. The molecule has 0 aliphatic carbocycles. The number of halogens is 3. The number of amides is 2. The summed E-state index contributed by atoms with van der Waals surface area (Å²) in [4.78, 5) is 24.8. The van der Waals surface area contributed by atoms with E-state index in [9.17, 15) is 31.2 Å². The van der Waals surface area contributed by atoms with Gasteiger partial charge in [-0.05, 0) is 38.1 Å². The molecule has 2 aliphatic heterocycles. The summed E-state index contributed by atoms with van der Waals surface area (Å²) in [5.74, 6) is -2.23. The third kappa shape index (κ3) is 5.74. The number of sulfonamides is 1. The molecule has 3 atom stereocenters. The molecule has 0 spiro atoms. The number of rotatable bonds is 5. The van der Waals surface area contributed by atoms with Crippen LogP contribution in [-0.4, -0.2) is 74.0 Å². The highest BCUT2D eigenvalue weighted by atomic mass is 32.2. The van der Waals surface area contributed by atoms with Crippen LogP contribution in [0.5, 0.6) is 0 Å². The molecule has 2 heterocycles. The molecule has 1 N–H and O–H groups in total. The Labute approximate surface area is 178 Å². The Balaban J connectivity index is 1.63. The first-order valence-electron chi connectivity index (χ1n) is 9.76. The van der Waals surface area contributed by atoms with E-state index in [2.05, 4.69) is 5.32 Å². The van der Waals surface area contributed by atoms with E-state index in [0.717, 1.165) is 0 Å². The van der Waals surface area contributed by atoms with Crippen LogP contribution in [0.3, 0.4) is 0 Å². The van der Waals surface area contributed by atoms with Crippen LogP contribution in [0.4, 0.5) is 18.9 Å². The van der Waals surface area contributed by atoms with Crippen LogP contribution in [0.25, 0.3) is 0 Å². The van der Waals surface area contributed by atoms with Gasteiger partial charge >= 0.3 is 6.18 Å². The molecule has 0 aromatic heterocycles. The molecule has 3 unspecified atom stereocenters. The molecular formula is C19H24F3N3O5S. The van der Waals surface area contributed by atoms with Crippen LogP contribution >= 0.6 is 0 Å². The van der Waals surface area contributed by atoms with Crippen molar-refractivity contribution in [2.75, 3.05) is 31.5 Å². The van der Waals surface area contributed by atoms with E-state index >= 15 is 0 Å². The number of carbonyl (C=O) groups excluding carboxylic acids is 2. The molecule has 0 bridgehead atoms. The van der Waals surface area contributed by atoms with Gasteiger partial charge in [0.1, 0.15) is 6.54 Å². The second-order valence-corrected chi connectivity index (χ2v) is 9.82. The summed E-state index contributed by atoms with van der Waals surface area (Å²) in [7, 11) is -3.74. The molecular weight excluding hydrogens is 439 g/mol. The molecule has 1 aromatic carbocycles. The minimum atomic E-state index is -4.53. The maximum atomic E-state index is 12.9. The van der Waals surface area contributed by atoms with E-state index in [0.29, 0.717) is 4.90 Å². The van der Waals surface area contributed by atoms with Crippen molar-refractivity contribution < 1.29 is 35.9 Å². The number of benzene rings is 1. The Bertz CT molecular complexity index is 926. The van der Waals surface area contributed by atoms with E-state index in [4.69, 9.17) is 4.74 Å². The number of morpholine rings is 1. The zero-order valence-electron chi connectivity index (χ0n) is 17.1. The summed E-state index contributed by atoms with van der Waals surface area (Å²) < 4.78 is 70.2. The van der Waals surface area contributed by atoms with Gasteiger partial charge in [0.25, 0.3) is 0 Å². The molecule has 1 aromatic rings. The second-order valence-electron chi connectivity index (χ2n) is 7.88. The fourth-order valence-electron chi connectivity index (χ4n) is 3.75. The topological polar surface area (TPSA) is 96.0 Å². The summed E-state index contributed by atoms with van der Waals surface area (Å²) in [6.45, 7) is 2.34. The van der Waals surface area contributed by atoms with E-state index < -0.39 is 40.5 Å². The lowest BCUT2D eigenvalue weighted by molar-refractivity contribution is -0.157. The van der Waals surface area contributed by atoms with Crippen LogP contribution in [0.1, 0.15) is 20.3 Å².